The predicted molar refractivity (Wildman–Crippen MR) is 71.2 cm³/mol. The zero-order valence-electron chi connectivity index (χ0n) is 10.9. The van der Waals surface area contributed by atoms with Gasteiger partial charge in [0.25, 0.3) is 5.69 Å². The summed E-state index contributed by atoms with van der Waals surface area (Å²) in [5.41, 5.74) is 0.996. The standard InChI is InChI=1S/C12H15N3O4/c1-9(14-18-3)8-13-19-10(2)11-6-4-5-7-12(11)15(16)17/h4-8,10H,1-3H3. The van der Waals surface area contributed by atoms with Crippen molar-refractivity contribution in [2.45, 2.75) is 20.0 Å². The smallest absolute Gasteiger partial charge is 0.276 e. The lowest BCUT2D eigenvalue weighted by atomic mass is 10.1. The maximum Gasteiger partial charge on any atom is 0.276 e. The highest BCUT2D eigenvalue weighted by Gasteiger charge is 2.18. The number of hydrogen-bond donors (Lipinski definition) is 0. The molecule has 0 saturated carbocycles. The lowest BCUT2D eigenvalue weighted by molar-refractivity contribution is -0.386. The van der Waals surface area contributed by atoms with E-state index in [1.54, 1.807) is 32.0 Å². The van der Waals surface area contributed by atoms with Gasteiger partial charge in [-0.3, -0.25) is 10.1 Å². The normalized spacial score (nSPS) is 13.3. The maximum atomic E-state index is 10.9. The highest BCUT2D eigenvalue weighted by atomic mass is 16.6. The monoisotopic (exact) mass is 265 g/mol. The van der Waals surface area contributed by atoms with Crippen molar-refractivity contribution < 1.29 is 14.6 Å². The number of nitro groups is 1. The van der Waals surface area contributed by atoms with Crippen LogP contribution in [0.25, 0.3) is 0 Å². The van der Waals surface area contributed by atoms with Crippen molar-refractivity contribution in [3.8, 4) is 0 Å². The second-order valence-electron chi connectivity index (χ2n) is 3.71. The molecular formula is C12H15N3O4. The molecule has 0 aliphatic carbocycles. The minimum atomic E-state index is -0.534. The first kappa shape index (κ1) is 14.6. The van der Waals surface area contributed by atoms with E-state index in [9.17, 15) is 10.1 Å². The van der Waals surface area contributed by atoms with Gasteiger partial charge in [-0.05, 0) is 19.9 Å². The third kappa shape index (κ3) is 4.38. The second kappa shape index (κ2) is 7.10. The largest absolute Gasteiger partial charge is 0.399 e. The van der Waals surface area contributed by atoms with Crippen molar-refractivity contribution in [3.05, 3.63) is 39.9 Å². The van der Waals surface area contributed by atoms with Crippen LogP contribution >= 0.6 is 0 Å². The summed E-state index contributed by atoms with van der Waals surface area (Å²) in [4.78, 5) is 20.1. The Morgan fingerprint density at radius 3 is 2.79 bits per heavy atom. The molecule has 1 aromatic rings. The third-order valence-corrected chi connectivity index (χ3v) is 2.27. The number of benzene rings is 1. The molecule has 0 aromatic heterocycles. The summed E-state index contributed by atoms with van der Waals surface area (Å²) in [6, 6.07) is 6.38. The highest BCUT2D eigenvalue weighted by molar-refractivity contribution is 6.29. The molecule has 102 valence electrons. The lowest BCUT2D eigenvalue weighted by Gasteiger charge is -2.09. The molecule has 7 nitrogen and oxygen atoms in total. The Hall–Kier alpha value is -2.44. The molecule has 0 fully saturated rings. The highest BCUT2D eigenvalue weighted by Crippen LogP contribution is 2.26. The molecule has 7 heteroatoms. The Kier molecular flexibility index (Phi) is 5.46. The van der Waals surface area contributed by atoms with E-state index in [1.165, 1.54) is 19.4 Å². The summed E-state index contributed by atoms with van der Waals surface area (Å²) in [6.45, 7) is 3.37. The van der Waals surface area contributed by atoms with Gasteiger partial charge in [-0.1, -0.05) is 22.4 Å². The minimum absolute atomic E-state index is 0.00693. The van der Waals surface area contributed by atoms with Gasteiger partial charge in [0.05, 0.1) is 22.4 Å². The molecule has 1 aromatic carbocycles. The van der Waals surface area contributed by atoms with E-state index in [1.807, 2.05) is 0 Å². The van der Waals surface area contributed by atoms with Crippen LogP contribution in [0.2, 0.25) is 0 Å². The summed E-state index contributed by atoms with van der Waals surface area (Å²) >= 11 is 0. The summed E-state index contributed by atoms with van der Waals surface area (Å²) in [5.74, 6) is 0. The van der Waals surface area contributed by atoms with Crippen LogP contribution in [0, 0.1) is 10.1 Å². The number of nitro benzene ring substituents is 1. The molecule has 19 heavy (non-hydrogen) atoms. The molecule has 0 bridgehead atoms. The average Bonchev–Trinajstić information content (AvgIpc) is 2.38. The van der Waals surface area contributed by atoms with Crippen molar-refractivity contribution in [2.75, 3.05) is 7.11 Å². The zero-order valence-corrected chi connectivity index (χ0v) is 10.9. The summed E-state index contributed by atoms with van der Waals surface area (Å²) in [6.07, 6.45) is 0.836. The van der Waals surface area contributed by atoms with Gasteiger partial charge in [-0.15, -0.1) is 0 Å². The summed E-state index contributed by atoms with van der Waals surface area (Å²) in [5, 5.41) is 18.2. The van der Waals surface area contributed by atoms with E-state index in [4.69, 9.17) is 4.84 Å². The number of rotatable bonds is 6. The Morgan fingerprint density at radius 2 is 2.16 bits per heavy atom. The van der Waals surface area contributed by atoms with E-state index in [0.29, 0.717) is 11.3 Å². The molecule has 0 saturated heterocycles. The quantitative estimate of drug-likeness (QED) is 0.449. The molecular weight excluding hydrogens is 250 g/mol. The average molecular weight is 265 g/mol. The van der Waals surface area contributed by atoms with E-state index >= 15 is 0 Å². The van der Waals surface area contributed by atoms with Crippen molar-refractivity contribution in [3.63, 3.8) is 0 Å². The fourth-order valence-electron chi connectivity index (χ4n) is 1.42. The first-order valence-electron chi connectivity index (χ1n) is 5.56. The van der Waals surface area contributed by atoms with Crippen LogP contribution in [-0.4, -0.2) is 24.0 Å². The van der Waals surface area contributed by atoms with Crippen LogP contribution in [0.4, 0.5) is 5.69 Å². The Balaban J connectivity index is 2.76. The van der Waals surface area contributed by atoms with Crippen molar-refractivity contribution in [1.29, 1.82) is 0 Å². The van der Waals surface area contributed by atoms with Gasteiger partial charge < -0.3 is 9.68 Å². The van der Waals surface area contributed by atoms with Crippen LogP contribution in [0.1, 0.15) is 25.5 Å². The van der Waals surface area contributed by atoms with Gasteiger partial charge in [-0.25, -0.2) is 0 Å². The molecule has 0 amide bonds. The third-order valence-electron chi connectivity index (χ3n) is 2.27. The van der Waals surface area contributed by atoms with Crippen LogP contribution in [-0.2, 0) is 9.68 Å². The zero-order chi connectivity index (χ0) is 14.3. The lowest BCUT2D eigenvalue weighted by Crippen LogP contribution is -2.02. The van der Waals surface area contributed by atoms with Crippen LogP contribution < -0.4 is 0 Å². The topological polar surface area (TPSA) is 86.3 Å². The fourth-order valence-corrected chi connectivity index (χ4v) is 1.42. The van der Waals surface area contributed by atoms with Gasteiger partial charge >= 0.3 is 0 Å². The van der Waals surface area contributed by atoms with Gasteiger partial charge in [0.15, 0.2) is 6.10 Å². The predicted octanol–water partition coefficient (Wildman–Crippen LogP) is 2.68. The first-order chi connectivity index (χ1) is 9.06. The molecule has 0 radical (unpaired) electrons. The van der Waals surface area contributed by atoms with E-state index in [2.05, 4.69) is 15.1 Å². The SMILES string of the molecule is CON=C(C)C=NOC(C)c1ccccc1[N+](=O)[O-]. The first-order valence-corrected chi connectivity index (χ1v) is 5.56. The Labute approximate surface area is 110 Å². The summed E-state index contributed by atoms with van der Waals surface area (Å²) in [7, 11) is 1.42. The van der Waals surface area contributed by atoms with Gasteiger partial charge in [0.1, 0.15) is 7.11 Å². The van der Waals surface area contributed by atoms with Crippen molar-refractivity contribution in [1.82, 2.24) is 0 Å². The molecule has 1 atom stereocenters. The van der Waals surface area contributed by atoms with Crippen molar-refractivity contribution >= 4 is 17.6 Å². The van der Waals surface area contributed by atoms with Crippen molar-refractivity contribution in [2.24, 2.45) is 10.3 Å². The molecule has 0 aliphatic heterocycles. The van der Waals surface area contributed by atoms with Gasteiger partial charge in [-0.2, -0.15) is 0 Å². The maximum absolute atomic E-state index is 10.9. The number of nitrogens with zero attached hydrogens (tertiary/aromatic N) is 3. The molecule has 0 N–H and O–H groups in total. The van der Waals surface area contributed by atoms with Crippen LogP contribution in [0.5, 0.6) is 0 Å². The van der Waals surface area contributed by atoms with E-state index in [-0.39, 0.29) is 5.69 Å². The molecule has 0 spiro atoms. The van der Waals surface area contributed by atoms with Crippen LogP contribution in [0.15, 0.2) is 34.6 Å². The number of oxime groups is 2. The summed E-state index contributed by atoms with van der Waals surface area (Å²) < 4.78 is 0. The second-order valence-corrected chi connectivity index (χ2v) is 3.71. The molecule has 0 aliphatic rings. The fraction of sp³-hybridized carbons (Fsp3) is 0.333. The number of para-hydroxylation sites is 1. The van der Waals surface area contributed by atoms with Crippen LogP contribution in [0.3, 0.4) is 0 Å². The Bertz CT molecular complexity index is 500. The van der Waals surface area contributed by atoms with E-state index in [0.717, 1.165) is 0 Å². The van der Waals surface area contributed by atoms with E-state index < -0.39 is 11.0 Å². The molecule has 0 heterocycles. The number of hydrogen-bond acceptors (Lipinski definition) is 6. The molecule has 1 rings (SSSR count). The van der Waals surface area contributed by atoms with Gasteiger partial charge in [0, 0.05) is 6.07 Å². The van der Waals surface area contributed by atoms with Gasteiger partial charge in [0.2, 0.25) is 0 Å². The Morgan fingerprint density at radius 1 is 1.47 bits per heavy atom. The molecule has 1 unspecified atom stereocenters. The minimum Gasteiger partial charge on any atom is -0.399 e.